The standard InChI is InChI=1S/C20H23ClN8O/c21-14-1-6-27(7-2-14)17-12-24-16(11-25-17)20(30)26-15-3-8-29(13-15)19-18-22-4-9-28(18)10-5-23-19/h4-5,9-12,14-15H,1-3,6-8,13H2,(H,26,30)/t15-/m0/s1. The Morgan fingerprint density at radius 3 is 2.50 bits per heavy atom. The van der Waals surface area contributed by atoms with E-state index in [-0.39, 0.29) is 17.3 Å². The number of hydrogen-bond acceptors (Lipinski definition) is 7. The third-order valence-electron chi connectivity index (χ3n) is 5.74. The molecule has 3 aromatic rings. The number of carbonyl (C=O) groups excluding carboxylic acids is 1. The maximum Gasteiger partial charge on any atom is 0.271 e. The predicted octanol–water partition coefficient (Wildman–Crippen LogP) is 1.74. The number of nitrogens with one attached hydrogen (secondary N) is 1. The lowest BCUT2D eigenvalue weighted by molar-refractivity contribution is 0.0935. The number of hydrogen-bond donors (Lipinski definition) is 1. The maximum absolute atomic E-state index is 12.7. The van der Waals surface area contributed by atoms with Crippen LogP contribution in [0.25, 0.3) is 5.65 Å². The summed E-state index contributed by atoms with van der Waals surface area (Å²) in [6, 6.07) is 0.0266. The van der Waals surface area contributed by atoms with Gasteiger partial charge in [-0.1, -0.05) is 0 Å². The minimum Gasteiger partial charge on any atom is -0.355 e. The van der Waals surface area contributed by atoms with Gasteiger partial charge in [0.25, 0.3) is 5.91 Å². The number of alkyl halides is 1. The highest BCUT2D eigenvalue weighted by Crippen LogP contribution is 2.22. The molecule has 2 fully saturated rings. The Morgan fingerprint density at radius 2 is 1.73 bits per heavy atom. The van der Waals surface area contributed by atoms with Gasteiger partial charge in [-0.2, -0.15) is 0 Å². The maximum atomic E-state index is 12.7. The summed E-state index contributed by atoms with van der Waals surface area (Å²) in [6.45, 7) is 3.23. The lowest BCUT2D eigenvalue weighted by atomic mass is 10.1. The van der Waals surface area contributed by atoms with Crippen LogP contribution < -0.4 is 15.1 Å². The van der Waals surface area contributed by atoms with Crippen LogP contribution in [0, 0.1) is 0 Å². The molecule has 0 radical (unpaired) electrons. The van der Waals surface area contributed by atoms with Crippen molar-refractivity contribution in [3.63, 3.8) is 0 Å². The largest absolute Gasteiger partial charge is 0.355 e. The van der Waals surface area contributed by atoms with E-state index in [0.29, 0.717) is 12.2 Å². The van der Waals surface area contributed by atoms with Crippen LogP contribution in [-0.2, 0) is 0 Å². The van der Waals surface area contributed by atoms with Crippen molar-refractivity contribution in [3.8, 4) is 0 Å². The quantitative estimate of drug-likeness (QED) is 0.635. The first-order valence-corrected chi connectivity index (χ1v) is 10.7. The van der Waals surface area contributed by atoms with E-state index in [1.54, 1.807) is 24.8 Å². The van der Waals surface area contributed by atoms with E-state index in [9.17, 15) is 4.79 Å². The molecule has 2 saturated heterocycles. The molecule has 0 bridgehead atoms. The zero-order chi connectivity index (χ0) is 20.5. The highest BCUT2D eigenvalue weighted by molar-refractivity contribution is 6.20. The first-order valence-electron chi connectivity index (χ1n) is 10.2. The minimum absolute atomic E-state index is 0.0266. The van der Waals surface area contributed by atoms with Crippen molar-refractivity contribution in [2.75, 3.05) is 36.0 Å². The van der Waals surface area contributed by atoms with Crippen molar-refractivity contribution in [2.45, 2.75) is 30.7 Å². The molecule has 30 heavy (non-hydrogen) atoms. The first kappa shape index (κ1) is 19.0. The normalized spacial score (nSPS) is 20.1. The molecule has 0 aromatic carbocycles. The van der Waals surface area contributed by atoms with Gasteiger partial charge in [0.2, 0.25) is 0 Å². The average Bonchev–Trinajstić information content (AvgIpc) is 3.44. The van der Waals surface area contributed by atoms with Gasteiger partial charge in [-0.15, -0.1) is 11.6 Å². The smallest absolute Gasteiger partial charge is 0.271 e. The molecule has 0 unspecified atom stereocenters. The summed E-state index contributed by atoms with van der Waals surface area (Å²) in [4.78, 5) is 34.6. The highest BCUT2D eigenvalue weighted by atomic mass is 35.5. The second kappa shape index (κ2) is 8.06. The van der Waals surface area contributed by atoms with E-state index in [0.717, 1.165) is 56.2 Å². The number of anilines is 2. The fourth-order valence-corrected chi connectivity index (χ4v) is 4.27. The molecule has 1 N–H and O–H groups in total. The van der Waals surface area contributed by atoms with Crippen LogP contribution in [0.15, 0.2) is 37.2 Å². The van der Waals surface area contributed by atoms with E-state index >= 15 is 0 Å². The number of carbonyl (C=O) groups is 1. The fraction of sp³-hybridized carbons (Fsp3) is 0.450. The Balaban J connectivity index is 1.20. The lowest BCUT2D eigenvalue weighted by Gasteiger charge is -2.29. The Hall–Kier alpha value is -2.94. The summed E-state index contributed by atoms with van der Waals surface area (Å²) in [5.74, 6) is 1.43. The van der Waals surface area contributed by atoms with E-state index in [1.807, 2.05) is 16.8 Å². The Morgan fingerprint density at radius 1 is 0.967 bits per heavy atom. The molecule has 2 aliphatic rings. The van der Waals surface area contributed by atoms with Gasteiger partial charge in [-0.3, -0.25) is 4.79 Å². The predicted molar refractivity (Wildman–Crippen MR) is 114 cm³/mol. The molecular weight excluding hydrogens is 404 g/mol. The summed E-state index contributed by atoms with van der Waals surface area (Å²) in [6.07, 6.45) is 13.2. The summed E-state index contributed by atoms with van der Waals surface area (Å²) >= 11 is 6.16. The molecule has 3 aromatic heterocycles. The van der Waals surface area contributed by atoms with Gasteiger partial charge < -0.3 is 19.5 Å². The molecule has 9 nitrogen and oxygen atoms in total. The number of rotatable bonds is 4. The molecule has 0 aliphatic carbocycles. The van der Waals surface area contributed by atoms with Crippen molar-refractivity contribution in [1.29, 1.82) is 0 Å². The number of halogens is 1. The van der Waals surface area contributed by atoms with Gasteiger partial charge in [-0.25, -0.2) is 19.9 Å². The molecule has 0 saturated carbocycles. The Labute approximate surface area is 179 Å². The van der Waals surface area contributed by atoms with Crippen molar-refractivity contribution in [3.05, 3.63) is 42.9 Å². The van der Waals surface area contributed by atoms with Crippen LogP contribution in [0.2, 0.25) is 0 Å². The first-order chi connectivity index (χ1) is 14.7. The van der Waals surface area contributed by atoms with Crippen LogP contribution in [0.4, 0.5) is 11.6 Å². The minimum atomic E-state index is -0.202. The van der Waals surface area contributed by atoms with Crippen LogP contribution in [0.3, 0.4) is 0 Å². The van der Waals surface area contributed by atoms with Crippen LogP contribution in [0.1, 0.15) is 29.8 Å². The fourth-order valence-electron chi connectivity index (χ4n) is 4.07. The van der Waals surface area contributed by atoms with Gasteiger partial charge in [0.05, 0.1) is 12.4 Å². The summed E-state index contributed by atoms with van der Waals surface area (Å²) < 4.78 is 1.95. The van der Waals surface area contributed by atoms with Crippen molar-refractivity contribution in [1.82, 2.24) is 29.7 Å². The SMILES string of the molecule is O=C(N[C@H]1CCN(c2nccn3ccnc23)C1)c1cnc(N2CCC(Cl)CC2)cn1. The molecule has 0 spiro atoms. The van der Waals surface area contributed by atoms with Gasteiger partial charge >= 0.3 is 0 Å². The zero-order valence-corrected chi connectivity index (χ0v) is 17.2. The highest BCUT2D eigenvalue weighted by Gasteiger charge is 2.27. The number of imidazole rings is 1. The summed E-state index contributed by atoms with van der Waals surface area (Å²) in [5.41, 5.74) is 1.15. The number of amides is 1. The third kappa shape index (κ3) is 3.77. The van der Waals surface area contributed by atoms with E-state index in [4.69, 9.17) is 11.6 Å². The van der Waals surface area contributed by atoms with Crippen molar-refractivity contribution in [2.24, 2.45) is 0 Å². The summed E-state index contributed by atoms with van der Waals surface area (Å²) in [5, 5.41) is 3.31. The van der Waals surface area contributed by atoms with E-state index in [1.165, 1.54) is 0 Å². The Bertz CT molecular complexity index is 1030. The molecule has 156 valence electrons. The van der Waals surface area contributed by atoms with Crippen LogP contribution in [0.5, 0.6) is 0 Å². The second-order valence-electron chi connectivity index (χ2n) is 7.74. The number of aromatic nitrogens is 5. The number of nitrogens with zero attached hydrogens (tertiary/aromatic N) is 7. The lowest BCUT2D eigenvalue weighted by Crippen LogP contribution is -2.38. The molecule has 1 atom stereocenters. The van der Waals surface area contributed by atoms with E-state index < -0.39 is 0 Å². The number of piperidine rings is 1. The van der Waals surface area contributed by atoms with Crippen molar-refractivity contribution < 1.29 is 4.79 Å². The van der Waals surface area contributed by atoms with Crippen LogP contribution >= 0.6 is 11.6 Å². The van der Waals surface area contributed by atoms with Gasteiger partial charge in [-0.05, 0) is 19.3 Å². The van der Waals surface area contributed by atoms with Crippen molar-refractivity contribution >= 4 is 34.8 Å². The topological polar surface area (TPSA) is 91.5 Å². The monoisotopic (exact) mass is 426 g/mol. The molecule has 2 aliphatic heterocycles. The average molecular weight is 427 g/mol. The summed E-state index contributed by atoms with van der Waals surface area (Å²) in [7, 11) is 0. The van der Waals surface area contributed by atoms with Gasteiger partial charge in [0, 0.05) is 62.4 Å². The zero-order valence-electron chi connectivity index (χ0n) is 16.5. The van der Waals surface area contributed by atoms with Gasteiger partial charge in [0.1, 0.15) is 11.5 Å². The van der Waals surface area contributed by atoms with Crippen LogP contribution in [-0.4, -0.2) is 67.8 Å². The molecule has 5 rings (SSSR count). The van der Waals surface area contributed by atoms with Gasteiger partial charge in [0.15, 0.2) is 11.5 Å². The molecule has 10 heteroatoms. The molecule has 5 heterocycles. The third-order valence-corrected chi connectivity index (χ3v) is 6.17. The Kier molecular flexibility index (Phi) is 5.12. The number of fused-ring (bicyclic) bond motifs is 1. The second-order valence-corrected chi connectivity index (χ2v) is 8.35. The molecule has 1 amide bonds. The molecular formula is C20H23ClN8O. The van der Waals surface area contributed by atoms with E-state index in [2.05, 4.69) is 35.1 Å².